The number of alkyl halides is 2. The minimum absolute atomic E-state index is 0.0786. The maximum absolute atomic E-state index is 12.1. The summed E-state index contributed by atoms with van der Waals surface area (Å²) in [6.45, 7) is 1.12. The Morgan fingerprint density at radius 1 is 0.694 bits per heavy atom. The van der Waals surface area contributed by atoms with Crippen LogP contribution in [0.25, 0.3) is 0 Å². The second-order valence-electron chi connectivity index (χ2n) is 7.73. The summed E-state index contributed by atoms with van der Waals surface area (Å²) in [5, 5.41) is 0. The maximum atomic E-state index is 12.1. The lowest BCUT2D eigenvalue weighted by molar-refractivity contribution is 0.0202. The maximum Gasteiger partial charge on any atom is 0.260 e. The predicted octanol–water partition coefficient (Wildman–Crippen LogP) is 7.51. The molecular weight excluding hydrogens is 519 g/mol. The van der Waals surface area contributed by atoms with Gasteiger partial charge in [0.2, 0.25) is 0 Å². The summed E-state index contributed by atoms with van der Waals surface area (Å²) in [6, 6.07) is 41.1. The van der Waals surface area contributed by atoms with Gasteiger partial charge in [0.25, 0.3) is 5.92 Å². The molecule has 0 heterocycles. The number of benzene rings is 4. The Morgan fingerprint density at radius 3 is 1.47 bits per heavy atom. The number of hydrogen-bond donors (Lipinski definition) is 0. The summed E-state index contributed by atoms with van der Waals surface area (Å²) in [6.07, 6.45) is -0.630. The van der Waals surface area contributed by atoms with E-state index in [-0.39, 0.29) is 10.9 Å². The van der Waals surface area contributed by atoms with Crippen molar-refractivity contribution < 1.29 is 21.8 Å². The highest BCUT2D eigenvalue weighted by Gasteiger charge is 2.29. The van der Waals surface area contributed by atoms with Gasteiger partial charge in [0, 0.05) is 16.2 Å². The summed E-state index contributed by atoms with van der Waals surface area (Å²) in [5.41, 5.74) is 0. The molecule has 0 radical (unpaired) electrons. The van der Waals surface area contributed by atoms with E-state index >= 15 is 0 Å². The van der Waals surface area contributed by atoms with E-state index in [0.29, 0.717) is 0 Å². The third kappa shape index (κ3) is 9.09. The Hall–Kier alpha value is -2.65. The average molecular weight is 545 g/mol. The zero-order chi connectivity index (χ0) is 26.0. The van der Waals surface area contributed by atoms with E-state index in [1.54, 1.807) is 11.8 Å². The van der Waals surface area contributed by atoms with Crippen molar-refractivity contribution >= 4 is 32.8 Å². The van der Waals surface area contributed by atoms with Crippen molar-refractivity contribution in [3.05, 3.63) is 115 Å². The fourth-order valence-electron chi connectivity index (χ4n) is 3.15. The molecule has 4 rings (SSSR count). The zero-order valence-electron chi connectivity index (χ0n) is 19.6. The first-order valence-electron chi connectivity index (χ1n) is 11.2. The van der Waals surface area contributed by atoms with E-state index in [1.807, 2.05) is 0 Å². The molecule has 0 fully saturated rings. The molecule has 0 aliphatic carbocycles. The average Bonchev–Trinajstić information content (AvgIpc) is 2.86. The monoisotopic (exact) mass is 544 g/mol. The Balaban J connectivity index is 0.000000308. The van der Waals surface area contributed by atoms with Gasteiger partial charge in [-0.15, -0.1) is 0 Å². The van der Waals surface area contributed by atoms with Gasteiger partial charge in [0.05, 0.1) is 10.9 Å². The molecule has 4 aromatic rings. The van der Waals surface area contributed by atoms with Gasteiger partial charge in [0.1, 0.15) is 15.9 Å². The van der Waals surface area contributed by atoms with Crippen LogP contribution in [-0.2, 0) is 21.0 Å². The lowest BCUT2D eigenvalue weighted by Gasteiger charge is -2.15. The topological polar surface area (TPSA) is 57.2 Å². The molecule has 0 aliphatic rings. The molecule has 3 nitrogen and oxygen atoms in total. The summed E-state index contributed by atoms with van der Waals surface area (Å²) in [4.78, 5) is 6.58. The van der Waals surface area contributed by atoms with Crippen molar-refractivity contribution in [2.24, 2.45) is 0 Å². The van der Waals surface area contributed by atoms with Gasteiger partial charge >= 0.3 is 0 Å². The van der Waals surface area contributed by atoms with E-state index in [2.05, 4.69) is 115 Å². The molecule has 0 saturated carbocycles. The lowest BCUT2D eigenvalue weighted by atomic mass is 10.3. The summed E-state index contributed by atoms with van der Waals surface area (Å²) in [5.74, 6) is -4.98. The Morgan fingerprint density at radius 2 is 1.08 bits per heavy atom. The normalized spacial score (nSPS) is 11.6. The van der Waals surface area contributed by atoms with Crippen LogP contribution < -0.4 is 0 Å². The number of hydrogen-bond acceptors (Lipinski definition) is 4. The fraction of sp³-hybridized carbons (Fsp3) is 0.143. The summed E-state index contributed by atoms with van der Waals surface area (Å²) in [7, 11) is -4.87. The van der Waals surface area contributed by atoms with Crippen molar-refractivity contribution in [3.63, 3.8) is 0 Å². The first-order chi connectivity index (χ1) is 17.2. The van der Waals surface area contributed by atoms with Crippen molar-refractivity contribution in [1.29, 1.82) is 0 Å². The summed E-state index contributed by atoms with van der Waals surface area (Å²) < 4.78 is 53.4. The molecule has 36 heavy (non-hydrogen) atoms. The quantitative estimate of drug-likeness (QED) is 0.170. The molecular formula is C28H26F2O3S3. The highest BCUT2D eigenvalue weighted by molar-refractivity contribution is 7.99. The van der Waals surface area contributed by atoms with E-state index in [9.17, 15) is 21.8 Å². The molecule has 8 heteroatoms. The highest BCUT2D eigenvalue weighted by Crippen LogP contribution is 2.33. The lowest BCUT2D eigenvalue weighted by Crippen LogP contribution is -2.26. The molecule has 4 aromatic carbocycles. The van der Waals surface area contributed by atoms with Crippen LogP contribution in [0.15, 0.2) is 140 Å². The van der Waals surface area contributed by atoms with Crippen LogP contribution in [0.4, 0.5) is 8.78 Å². The van der Waals surface area contributed by atoms with Crippen LogP contribution in [0.5, 0.6) is 0 Å². The third-order valence-corrected chi connectivity index (χ3v) is 8.92. The van der Waals surface area contributed by atoms with Crippen molar-refractivity contribution in [1.82, 2.24) is 0 Å². The van der Waals surface area contributed by atoms with Gasteiger partial charge in [-0.25, -0.2) is 17.2 Å². The Labute approximate surface area is 218 Å². The first kappa shape index (κ1) is 27.9. The molecule has 0 atom stereocenters. The Kier molecular flexibility index (Phi) is 10.1. The van der Waals surface area contributed by atoms with Crippen LogP contribution in [0.2, 0.25) is 0 Å². The van der Waals surface area contributed by atoms with Crippen LogP contribution in [0.3, 0.4) is 0 Å². The number of rotatable bonds is 8. The van der Waals surface area contributed by atoms with Gasteiger partial charge in [-0.2, -0.15) is 0 Å². The zero-order valence-corrected chi connectivity index (χ0v) is 22.0. The van der Waals surface area contributed by atoms with Gasteiger partial charge in [-0.05, 0) is 60.7 Å². The molecule has 0 aromatic heterocycles. The second kappa shape index (κ2) is 13.1. The molecule has 0 N–H and O–H groups in total. The van der Waals surface area contributed by atoms with Crippen molar-refractivity contribution in [2.75, 3.05) is 5.75 Å². The van der Waals surface area contributed by atoms with E-state index in [1.165, 1.54) is 24.5 Å². The highest BCUT2D eigenvalue weighted by atomic mass is 32.2. The molecule has 0 saturated heterocycles. The smallest absolute Gasteiger partial charge is 0.260 e. The molecule has 0 aliphatic heterocycles. The second-order valence-corrected chi connectivity index (χ2v) is 12.3. The molecule has 0 spiro atoms. The van der Waals surface area contributed by atoms with Gasteiger partial charge in [-0.1, -0.05) is 73.3 Å². The van der Waals surface area contributed by atoms with E-state index < -0.39 is 28.2 Å². The van der Waals surface area contributed by atoms with Crippen LogP contribution in [0.1, 0.15) is 13.3 Å². The SMILES string of the molecule is CCC(F)(F)CS(=O)(=O)[O-].c1ccc(Sc2ccc([S+](c3ccccc3)c3ccccc3)cc2)cc1. The molecule has 0 unspecified atom stereocenters. The largest absolute Gasteiger partial charge is 0.748 e. The van der Waals surface area contributed by atoms with Gasteiger partial charge in [-0.3, -0.25) is 0 Å². The van der Waals surface area contributed by atoms with Crippen LogP contribution in [0, 0.1) is 0 Å². The van der Waals surface area contributed by atoms with E-state index in [0.717, 1.165) is 6.92 Å². The first-order valence-corrected chi connectivity index (χ1v) is 14.8. The van der Waals surface area contributed by atoms with Gasteiger partial charge in [0.15, 0.2) is 14.7 Å². The third-order valence-electron chi connectivity index (χ3n) is 4.90. The number of halogens is 2. The van der Waals surface area contributed by atoms with Crippen molar-refractivity contribution in [3.8, 4) is 0 Å². The van der Waals surface area contributed by atoms with Crippen molar-refractivity contribution in [2.45, 2.75) is 43.7 Å². The summed E-state index contributed by atoms with van der Waals surface area (Å²) >= 11 is 1.80. The molecule has 0 bridgehead atoms. The minimum atomic E-state index is -4.79. The van der Waals surface area contributed by atoms with Gasteiger partial charge < -0.3 is 4.55 Å². The fourth-order valence-corrected chi connectivity index (χ4v) is 6.79. The molecule has 0 amide bonds. The minimum Gasteiger partial charge on any atom is -0.748 e. The van der Waals surface area contributed by atoms with Crippen LogP contribution >= 0.6 is 11.8 Å². The Bertz CT molecular complexity index is 1260. The predicted molar refractivity (Wildman–Crippen MR) is 142 cm³/mol. The standard InChI is InChI=1S/C24H19S2.C4H8F2O3S/c1-4-10-20(11-5-1)25-21-16-18-24(19-17-21)26(22-12-6-2-7-13-22)23-14-8-3-9-15-23;1-2-4(5,6)3-10(7,8)9/h1-19H;2-3H2,1H3,(H,7,8,9)/q+1;/p-1. The van der Waals surface area contributed by atoms with E-state index in [4.69, 9.17) is 0 Å². The molecule has 188 valence electrons. The van der Waals surface area contributed by atoms with Crippen LogP contribution in [-0.4, -0.2) is 24.6 Å².